The smallest absolute Gasteiger partial charge is 0.462 e. The lowest BCUT2D eigenvalue weighted by Gasteiger charge is -2.21. The molecule has 0 rings (SSSR count). The highest BCUT2D eigenvalue weighted by atomic mass is 31.2. The van der Waals surface area contributed by atoms with E-state index in [1.165, 1.54) is 244 Å². The number of carbonyl (C=O) groups excluding carboxylic acids is 4. The highest BCUT2D eigenvalue weighted by Gasteiger charge is 2.30. The number of hydrogen-bond donors (Lipinski definition) is 3. The van der Waals surface area contributed by atoms with Crippen LogP contribution in [0, 0.1) is 11.8 Å². The van der Waals surface area contributed by atoms with Crippen molar-refractivity contribution in [2.45, 2.75) is 445 Å². The average Bonchev–Trinajstić information content (AvgIpc) is 1.44. The van der Waals surface area contributed by atoms with E-state index in [1.54, 1.807) is 0 Å². The molecular formula is C81H158O17P2. The van der Waals surface area contributed by atoms with Crippen LogP contribution in [0.5, 0.6) is 0 Å². The van der Waals surface area contributed by atoms with Gasteiger partial charge in [-0.3, -0.25) is 37.3 Å². The Bertz CT molecular complexity index is 1920. The second-order valence-electron chi connectivity index (χ2n) is 30.1. The van der Waals surface area contributed by atoms with Gasteiger partial charge in [-0.2, -0.15) is 0 Å². The van der Waals surface area contributed by atoms with Gasteiger partial charge in [-0.25, -0.2) is 9.13 Å². The zero-order valence-corrected chi connectivity index (χ0v) is 67.3. The first-order valence-corrected chi connectivity index (χ1v) is 45.0. The first-order valence-electron chi connectivity index (χ1n) is 42.0. The van der Waals surface area contributed by atoms with Crippen molar-refractivity contribution >= 4 is 39.5 Å². The van der Waals surface area contributed by atoms with E-state index in [0.717, 1.165) is 102 Å². The third kappa shape index (κ3) is 74.3. The summed E-state index contributed by atoms with van der Waals surface area (Å²) in [5.74, 6) is -0.512. The van der Waals surface area contributed by atoms with Crippen molar-refractivity contribution in [1.29, 1.82) is 0 Å². The van der Waals surface area contributed by atoms with E-state index in [0.29, 0.717) is 25.7 Å². The van der Waals surface area contributed by atoms with Gasteiger partial charge >= 0.3 is 39.5 Å². The van der Waals surface area contributed by atoms with Crippen LogP contribution in [-0.4, -0.2) is 96.7 Å². The molecule has 3 N–H and O–H groups in total. The molecule has 0 aliphatic carbocycles. The van der Waals surface area contributed by atoms with Crippen LogP contribution in [0.3, 0.4) is 0 Å². The largest absolute Gasteiger partial charge is 0.472 e. The Kier molecular flexibility index (Phi) is 71.2. The summed E-state index contributed by atoms with van der Waals surface area (Å²) in [5.41, 5.74) is 0. The summed E-state index contributed by atoms with van der Waals surface area (Å²) in [5, 5.41) is 10.6. The van der Waals surface area contributed by atoms with Crippen LogP contribution in [0.2, 0.25) is 0 Å². The molecule has 0 bridgehead atoms. The average molecular weight is 1470 g/mol. The van der Waals surface area contributed by atoms with Gasteiger partial charge in [-0.15, -0.1) is 0 Å². The third-order valence-corrected chi connectivity index (χ3v) is 20.9. The maximum atomic E-state index is 13.1. The second-order valence-corrected chi connectivity index (χ2v) is 33.0. The Morgan fingerprint density at radius 2 is 0.460 bits per heavy atom. The minimum Gasteiger partial charge on any atom is -0.462 e. The van der Waals surface area contributed by atoms with E-state index >= 15 is 0 Å². The second kappa shape index (κ2) is 72.6. The number of rotatable bonds is 80. The third-order valence-electron chi connectivity index (χ3n) is 19.0. The number of ether oxygens (including phenoxy) is 4. The summed E-state index contributed by atoms with van der Waals surface area (Å²) in [7, 11) is -9.92. The number of phosphoric ester groups is 2. The van der Waals surface area contributed by atoms with Gasteiger partial charge in [0.05, 0.1) is 26.4 Å². The molecule has 0 aromatic heterocycles. The fraction of sp³-hybridized carbons (Fsp3) is 0.951. The summed E-state index contributed by atoms with van der Waals surface area (Å²) >= 11 is 0. The molecule has 19 heteroatoms. The highest BCUT2D eigenvalue weighted by Crippen LogP contribution is 2.45. The summed E-state index contributed by atoms with van der Waals surface area (Å²) in [6, 6.07) is 0. The fourth-order valence-electron chi connectivity index (χ4n) is 12.5. The minimum atomic E-state index is -4.96. The zero-order valence-electron chi connectivity index (χ0n) is 65.5. The van der Waals surface area contributed by atoms with Crippen LogP contribution in [0.25, 0.3) is 0 Å². The van der Waals surface area contributed by atoms with E-state index in [-0.39, 0.29) is 25.7 Å². The van der Waals surface area contributed by atoms with E-state index < -0.39 is 97.5 Å². The lowest BCUT2D eigenvalue weighted by Crippen LogP contribution is -2.30. The number of hydrogen-bond acceptors (Lipinski definition) is 15. The molecule has 0 radical (unpaired) electrons. The van der Waals surface area contributed by atoms with Crippen molar-refractivity contribution in [3.05, 3.63) is 0 Å². The molecule has 0 heterocycles. The van der Waals surface area contributed by atoms with Crippen molar-refractivity contribution in [2.75, 3.05) is 39.6 Å². The van der Waals surface area contributed by atoms with Gasteiger partial charge in [0.25, 0.3) is 0 Å². The Morgan fingerprint density at radius 1 is 0.270 bits per heavy atom. The molecule has 100 heavy (non-hydrogen) atoms. The van der Waals surface area contributed by atoms with Gasteiger partial charge in [0.2, 0.25) is 0 Å². The molecular weight excluding hydrogens is 1310 g/mol. The Hall–Kier alpha value is -1.94. The molecule has 5 atom stereocenters. The topological polar surface area (TPSA) is 237 Å². The molecule has 0 amide bonds. The summed E-state index contributed by atoms with van der Waals surface area (Å²) in [6.07, 6.45) is 62.2. The highest BCUT2D eigenvalue weighted by molar-refractivity contribution is 7.47. The quantitative estimate of drug-likeness (QED) is 0.0222. The fourth-order valence-corrected chi connectivity index (χ4v) is 14.1. The maximum Gasteiger partial charge on any atom is 0.472 e. The summed E-state index contributed by atoms with van der Waals surface area (Å²) in [6.45, 7) is 9.69. The Balaban J connectivity index is 5.25. The lowest BCUT2D eigenvalue weighted by molar-refractivity contribution is -0.161. The molecule has 0 saturated carbocycles. The van der Waals surface area contributed by atoms with Gasteiger partial charge < -0.3 is 33.8 Å². The molecule has 17 nitrogen and oxygen atoms in total. The van der Waals surface area contributed by atoms with Crippen molar-refractivity contribution < 1.29 is 80.2 Å². The van der Waals surface area contributed by atoms with Gasteiger partial charge in [0.1, 0.15) is 19.3 Å². The van der Waals surface area contributed by atoms with Crippen molar-refractivity contribution in [1.82, 2.24) is 0 Å². The predicted octanol–water partition coefficient (Wildman–Crippen LogP) is 24.3. The number of esters is 4. The molecule has 0 fully saturated rings. The molecule has 0 aromatic rings. The van der Waals surface area contributed by atoms with E-state index in [9.17, 15) is 43.2 Å². The van der Waals surface area contributed by atoms with Crippen LogP contribution in [0.1, 0.15) is 427 Å². The molecule has 0 aliphatic rings. The molecule has 0 aromatic carbocycles. The molecule has 0 aliphatic heterocycles. The van der Waals surface area contributed by atoms with Crippen LogP contribution >= 0.6 is 15.6 Å². The van der Waals surface area contributed by atoms with E-state index in [1.807, 2.05) is 0 Å². The van der Waals surface area contributed by atoms with Gasteiger partial charge in [-0.1, -0.05) is 375 Å². The first-order chi connectivity index (χ1) is 48.4. The predicted molar refractivity (Wildman–Crippen MR) is 409 cm³/mol. The van der Waals surface area contributed by atoms with Crippen molar-refractivity contribution in [2.24, 2.45) is 11.8 Å². The van der Waals surface area contributed by atoms with Crippen LogP contribution < -0.4 is 0 Å². The first kappa shape index (κ1) is 98.1. The van der Waals surface area contributed by atoms with E-state index in [2.05, 4.69) is 41.5 Å². The normalized spacial score (nSPS) is 13.9. The Morgan fingerprint density at radius 3 is 0.680 bits per heavy atom. The van der Waals surface area contributed by atoms with Gasteiger partial charge in [0.15, 0.2) is 12.2 Å². The standard InChI is InChI=1S/C81H158O17P2/c1-7-9-11-13-15-17-19-20-22-28-35-41-47-53-59-65-80(85)97-76(69-91-78(83)63-57-51-45-39-31-18-16-14-12-10-8-2)71-95-99(87,88)93-67-75(82)68-94-100(89,90)96-72-77(70-92-79(84)64-58-52-46-40-34-30-25-27-33-38-44-50-56-62-74(5)6)98-81(86)66-60-54-48-42-36-29-24-21-23-26-32-37-43-49-55-61-73(3)4/h73-77,82H,7-72H2,1-6H3,(H,87,88)(H,89,90)/t75-,76+,77+/m0/s1. The lowest BCUT2D eigenvalue weighted by atomic mass is 10.0. The van der Waals surface area contributed by atoms with Gasteiger partial charge in [-0.05, 0) is 37.5 Å². The Labute approximate surface area is 613 Å². The molecule has 2 unspecified atom stereocenters. The molecule has 0 spiro atoms. The van der Waals surface area contributed by atoms with Gasteiger partial charge in [0, 0.05) is 25.7 Å². The van der Waals surface area contributed by atoms with E-state index in [4.69, 9.17) is 37.0 Å². The molecule has 594 valence electrons. The zero-order chi connectivity index (χ0) is 73.5. The summed E-state index contributed by atoms with van der Waals surface area (Å²) in [4.78, 5) is 73.0. The van der Waals surface area contributed by atoms with Crippen LogP contribution in [0.4, 0.5) is 0 Å². The summed E-state index contributed by atoms with van der Waals surface area (Å²) < 4.78 is 68.7. The molecule has 0 saturated heterocycles. The number of unbranched alkanes of at least 4 members (excludes halogenated alkanes) is 50. The van der Waals surface area contributed by atoms with Crippen LogP contribution in [-0.2, 0) is 65.4 Å². The number of carbonyl (C=O) groups is 4. The number of aliphatic hydroxyl groups excluding tert-OH is 1. The van der Waals surface area contributed by atoms with Crippen molar-refractivity contribution in [3.8, 4) is 0 Å². The minimum absolute atomic E-state index is 0.108. The SMILES string of the molecule is CCCCCCCCCCCCCCCCCC(=O)O[C@H](COC(=O)CCCCCCCCCCCCC)COP(=O)(O)OC[C@H](O)COP(=O)(O)OC[C@@H](COC(=O)CCCCCCCCCCCCCCCC(C)C)OC(=O)CCCCCCCCCCCCCCCCCC(C)C. The number of phosphoric acid groups is 2. The van der Waals surface area contributed by atoms with Crippen molar-refractivity contribution in [3.63, 3.8) is 0 Å². The maximum absolute atomic E-state index is 13.1. The monoisotopic (exact) mass is 1470 g/mol. The van der Waals surface area contributed by atoms with Crippen LogP contribution in [0.15, 0.2) is 0 Å². The number of aliphatic hydroxyl groups is 1.